The molecule has 4 atom stereocenters. The van der Waals surface area contributed by atoms with E-state index < -0.39 is 29.5 Å². The third-order valence-electron chi connectivity index (χ3n) is 9.02. The van der Waals surface area contributed by atoms with Gasteiger partial charge in [0.25, 0.3) is 0 Å². The average Bonchev–Trinajstić information content (AvgIpc) is 3.14. The quantitative estimate of drug-likeness (QED) is 0.535. The number of nitrogens with zero attached hydrogens (tertiary/aromatic N) is 2. The fraction of sp³-hybridized carbons (Fsp3) is 0.643. The zero-order valence-corrected chi connectivity index (χ0v) is 21.0. The summed E-state index contributed by atoms with van der Waals surface area (Å²) < 4.78 is 52.4. The van der Waals surface area contributed by atoms with Crippen molar-refractivity contribution in [2.75, 3.05) is 13.2 Å². The Hall–Kier alpha value is -2.03. The Bertz CT molecular complexity index is 1180. The number of aliphatic hydroxyl groups excluding tert-OH is 1. The van der Waals surface area contributed by atoms with Gasteiger partial charge in [0.15, 0.2) is 0 Å². The van der Waals surface area contributed by atoms with Crippen molar-refractivity contribution in [3.63, 3.8) is 0 Å². The molecule has 0 radical (unpaired) electrons. The first kappa shape index (κ1) is 24.3. The maximum absolute atomic E-state index is 13.2. The molecule has 5 nitrogen and oxygen atoms in total. The monoisotopic (exact) mass is 502 g/mol. The SMILES string of the molecule is CC(C)c1nc2c(c3c1[C@@H](c1ccc(C(F)(F)F)cn1)OC31CCOCC1C)[C@@H](O)CC1(CCC1)C2. The lowest BCUT2D eigenvalue weighted by molar-refractivity contribution is -0.158. The van der Waals surface area contributed by atoms with Crippen LogP contribution in [0.5, 0.6) is 0 Å². The van der Waals surface area contributed by atoms with Gasteiger partial charge in [-0.05, 0) is 54.7 Å². The second-order valence-electron chi connectivity index (χ2n) is 11.6. The predicted molar refractivity (Wildman–Crippen MR) is 126 cm³/mol. The normalized spacial score (nSPS) is 30.9. The maximum Gasteiger partial charge on any atom is 0.417 e. The first-order valence-electron chi connectivity index (χ1n) is 13.1. The molecule has 2 fully saturated rings. The molecule has 2 spiro atoms. The summed E-state index contributed by atoms with van der Waals surface area (Å²) in [7, 11) is 0. The Labute approximate surface area is 209 Å². The van der Waals surface area contributed by atoms with Gasteiger partial charge in [-0.25, -0.2) is 0 Å². The van der Waals surface area contributed by atoms with Crippen LogP contribution in [0, 0.1) is 11.3 Å². The molecule has 0 aromatic carbocycles. The van der Waals surface area contributed by atoms with Gasteiger partial charge in [-0.3, -0.25) is 9.97 Å². The topological polar surface area (TPSA) is 64.5 Å². The van der Waals surface area contributed by atoms with Crippen LogP contribution < -0.4 is 0 Å². The fourth-order valence-corrected chi connectivity index (χ4v) is 7.01. The molecule has 1 N–H and O–H groups in total. The van der Waals surface area contributed by atoms with Crippen molar-refractivity contribution < 1.29 is 27.8 Å². The van der Waals surface area contributed by atoms with E-state index in [9.17, 15) is 18.3 Å². The molecule has 1 saturated carbocycles. The highest BCUT2D eigenvalue weighted by atomic mass is 19.4. The van der Waals surface area contributed by atoms with Crippen LogP contribution in [-0.4, -0.2) is 28.3 Å². The minimum Gasteiger partial charge on any atom is -0.388 e. The number of aromatic nitrogens is 2. The molecule has 2 aliphatic heterocycles. The van der Waals surface area contributed by atoms with E-state index in [0.29, 0.717) is 25.3 Å². The molecule has 4 aliphatic rings. The third kappa shape index (κ3) is 3.55. The minimum atomic E-state index is -4.46. The van der Waals surface area contributed by atoms with E-state index in [2.05, 4.69) is 25.8 Å². The molecule has 0 amide bonds. The number of hydrogen-bond donors (Lipinski definition) is 1. The molecule has 2 aromatic heterocycles. The first-order chi connectivity index (χ1) is 17.0. The van der Waals surface area contributed by atoms with Crippen molar-refractivity contribution >= 4 is 0 Å². The fourth-order valence-electron chi connectivity index (χ4n) is 7.01. The van der Waals surface area contributed by atoms with E-state index in [1.807, 2.05) is 0 Å². The summed E-state index contributed by atoms with van der Waals surface area (Å²) in [6.07, 6.45) is 0.755. The number of hydrogen-bond acceptors (Lipinski definition) is 5. The number of rotatable bonds is 2. The molecule has 4 heterocycles. The molecule has 2 unspecified atom stereocenters. The summed E-state index contributed by atoms with van der Waals surface area (Å²) in [6, 6.07) is 2.49. The number of halogens is 3. The zero-order chi connectivity index (χ0) is 25.5. The zero-order valence-electron chi connectivity index (χ0n) is 21.0. The van der Waals surface area contributed by atoms with Crippen molar-refractivity contribution in [2.45, 2.75) is 89.2 Å². The van der Waals surface area contributed by atoms with Gasteiger partial charge in [0.1, 0.15) is 11.7 Å². The van der Waals surface area contributed by atoms with Gasteiger partial charge in [-0.2, -0.15) is 13.2 Å². The van der Waals surface area contributed by atoms with E-state index in [-0.39, 0.29) is 17.3 Å². The Morgan fingerprint density at radius 1 is 1.14 bits per heavy atom. The van der Waals surface area contributed by atoms with Gasteiger partial charge in [0.2, 0.25) is 0 Å². The van der Waals surface area contributed by atoms with Crippen LogP contribution in [0.15, 0.2) is 18.3 Å². The molecular formula is C28H33F3N2O3. The maximum atomic E-state index is 13.2. The van der Waals surface area contributed by atoms with Crippen molar-refractivity contribution in [1.29, 1.82) is 0 Å². The highest BCUT2D eigenvalue weighted by Gasteiger charge is 2.56. The second-order valence-corrected chi connectivity index (χ2v) is 11.6. The van der Waals surface area contributed by atoms with Crippen molar-refractivity contribution in [1.82, 2.24) is 9.97 Å². The highest BCUT2D eigenvalue weighted by molar-refractivity contribution is 5.54. The van der Waals surface area contributed by atoms with E-state index >= 15 is 0 Å². The molecule has 6 rings (SSSR count). The van der Waals surface area contributed by atoms with Crippen LogP contribution in [0.1, 0.15) is 110 Å². The van der Waals surface area contributed by atoms with Crippen molar-refractivity contribution in [3.8, 4) is 0 Å². The highest BCUT2D eigenvalue weighted by Crippen LogP contribution is 2.61. The lowest BCUT2D eigenvalue weighted by atomic mass is 9.58. The summed E-state index contributed by atoms with van der Waals surface area (Å²) in [6.45, 7) is 7.30. The number of ether oxygens (including phenoxy) is 2. The van der Waals surface area contributed by atoms with Gasteiger partial charge in [0, 0.05) is 47.7 Å². The van der Waals surface area contributed by atoms with Gasteiger partial charge in [0.05, 0.1) is 24.0 Å². The Morgan fingerprint density at radius 2 is 1.92 bits per heavy atom. The lowest BCUT2D eigenvalue weighted by Gasteiger charge is -2.48. The first-order valence-corrected chi connectivity index (χ1v) is 13.1. The lowest BCUT2D eigenvalue weighted by Crippen LogP contribution is -2.44. The molecular weight excluding hydrogens is 469 g/mol. The van der Waals surface area contributed by atoms with E-state index in [1.54, 1.807) is 0 Å². The largest absolute Gasteiger partial charge is 0.417 e. The minimum absolute atomic E-state index is 0.00255. The number of aliphatic hydroxyl groups is 1. The Kier molecular flexibility index (Phi) is 5.56. The summed E-state index contributed by atoms with van der Waals surface area (Å²) >= 11 is 0. The second kappa shape index (κ2) is 8.23. The number of alkyl halides is 3. The molecule has 194 valence electrons. The van der Waals surface area contributed by atoms with Gasteiger partial charge in [-0.1, -0.05) is 27.2 Å². The molecule has 8 heteroatoms. The predicted octanol–water partition coefficient (Wildman–Crippen LogP) is 6.14. The Morgan fingerprint density at radius 3 is 2.50 bits per heavy atom. The van der Waals surface area contributed by atoms with Crippen LogP contribution in [0.3, 0.4) is 0 Å². The molecule has 1 saturated heterocycles. The Balaban J connectivity index is 1.57. The molecule has 2 aliphatic carbocycles. The third-order valence-corrected chi connectivity index (χ3v) is 9.02. The van der Waals surface area contributed by atoms with Gasteiger partial charge < -0.3 is 14.6 Å². The van der Waals surface area contributed by atoms with Crippen LogP contribution >= 0.6 is 0 Å². The standard InChI is InChI=1S/C28H33F3N2O3/c1-15(2)24-22-23(21-19(33-24)11-26(7-4-8-26)12-20(21)34)27(9-10-35-14-16(27)3)36-25(22)18-6-5-17(13-32-18)28(29,30)31/h5-6,13,15-16,20,25,34H,4,7-12,14H2,1-3H3/t16?,20-,25+,27?/m0/s1. The molecule has 2 aromatic rings. The van der Waals surface area contributed by atoms with E-state index in [4.69, 9.17) is 14.5 Å². The van der Waals surface area contributed by atoms with E-state index in [0.717, 1.165) is 66.0 Å². The van der Waals surface area contributed by atoms with Crippen LogP contribution in [0.4, 0.5) is 13.2 Å². The van der Waals surface area contributed by atoms with Gasteiger partial charge in [-0.15, -0.1) is 0 Å². The van der Waals surface area contributed by atoms with Crippen LogP contribution in [-0.2, 0) is 27.7 Å². The summed E-state index contributed by atoms with van der Waals surface area (Å²) in [5, 5.41) is 11.6. The smallest absolute Gasteiger partial charge is 0.388 e. The van der Waals surface area contributed by atoms with Crippen molar-refractivity contribution in [3.05, 3.63) is 57.7 Å². The number of fused-ring (bicyclic) bond motifs is 4. The molecule has 36 heavy (non-hydrogen) atoms. The summed E-state index contributed by atoms with van der Waals surface area (Å²) in [5.74, 6) is 0.0778. The summed E-state index contributed by atoms with van der Waals surface area (Å²) in [4.78, 5) is 9.41. The van der Waals surface area contributed by atoms with Crippen LogP contribution in [0.25, 0.3) is 0 Å². The number of pyridine rings is 2. The molecule has 0 bridgehead atoms. The van der Waals surface area contributed by atoms with Gasteiger partial charge >= 0.3 is 6.18 Å². The average molecular weight is 503 g/mol. The van der Waals surface area contributed by atoms with Crippen LogP contribution in [0.2, 0.25) is 0 Å². The van der Waals surface area contributed by atoms with Crippen molar-refractivity contribution in [2.24, 2.45) is 11.3 Å². The summed E-state index contributed by atoms with van der Waals surface area (Å²) in [5.41, 5.74) is 3.71. The van der Waals surface area contributed by atoms with E-state index in [1.165, 1.54) is 12.5 Å².